The number of rotatable bonds is 2. The van der Waals surface area contributed by atoms with Gasteiger partial charge in [-0.1, -0.05) is 17.9 Å². The summed E-state index contributed by atoms with van der Waals surface area (Å²) in [5.74, 6) is -2.61. The fraction of sp³-hybridized carbons (Fsp3) is 0. The first-order valence-electron chi connectivity index (χ1n) is 5.06. The van der Waals surface area contributed by atoms with E-state index in [1.165, 1.54) is 24.3 Å². The molecule has 0 aromatic heterocycles. The largest absolute Gasteiger partial charge is 0.872 e. The monoisotopic (exact) mass is 245 g/mol. The van der Waals surface area contributed by atoms with Crippen molar-refractivity contribution in [3.63, 3.8) is 0 Å². The second kappa shape index (κ2) is 4.29. The van der Waals surface area contributed by atoms with Gasteiger partial charge in [-0.05, 0) is 18.2 Å². The molecule has 0 aliphatic rings. The molecule has 0 saturated heterocycles. The van der Waals surface area contributed by atoms with E-state index in [1.54, 1.807) is 0 Å². The highest BCUT2D eigenvalue weighted by atomic mass is 16.3. The van der Waals surface area contributed by atoms with Crippen LogP contribution in [0.1, 0.15) is 15.9 Å². The standard InChI is InChI=1S/C13H10O5/c14-8-3-1-2-7(4-8)13(18)12-10(16)5-9(15)6-11(12)17/h1-6,14-17H/p-1. The van der Waals surface area contributed by atoms with Gasteiger partial charge in [-0.3, -0.25) is 4.79 Å². The van der Waals surface area contributed by atoms with Crippen molar-refractivity contribution in [3.05, 3.63) is 47.5 Å². The Balaban J connectivity index is 2.53. The fourth-order valence-corrected chi connectivity index (χ4v) is 1.61. The third-order valence-corrected chi connectivity index (χ3v) is 2.40. The van der Waals surface area contributed by atoms with Gasteiger partial charge in [0.15, 0.2) is 5.78 Å². The molecule has 0 radical (unpaired) electrons. The van der Waals surface area contributed by atoms with Crippen molar-refractivity contribution in [1.82, 2.24) is 0 Å². The zero-order valence-corrected chi connectivity index (χ0v) is 9.12. The normalized spacial score (nSPS) is 10.2. The number of hydrogen-bond donors (Lipinski definition) is 3. The minimum Gasteiger partial charge on any atom is -0.872 e. The molecule has 0 bridgehead atoms. The predicted octanol–water partition coefficient (Wildman–Crippen LogP) is 1.11. The van der Waals surface area contributed by atoms with E-state index in [0.29, 0.717) is 0 Å². The topological polar surface area (TPSA) is 101 Å². The van der Waals surface area contributed by atoms with Crippen molar-refractivity contribution in [3.8, 4) is 23.0 Å². The molecule has 0 aliphatic carbocycles. The van der Waals surface area contributed by atoms with E-state index in [0.717, 1.165) is 12.1 Å². The molecule has 0 fully saturated rings. The Morgan fingerprint density at radius 2 is 1.72 bits per heavy atom. The Kier molecular flexibility index (Phi) is 2.81. The smallest absolute Gasteiger partial charge is 0.196 e. The van der Waals surface area contributed by atoms with Crippen LogP contribution in [0, 0.1) is 0 Å². The molecule has 18 heavy (non-hydrogen) atoms. The summed E-state index contributed by atoms with van der Waals surface area (Å²) in [5.41, 5.74) is -0.355. The SMILES string of the molecule is O=C(c1cccc(O)c1)c1c([O-])cc(O)cc1O. The molecule has 0 saturated carbocycles. The molecular formula is C13H9O5-. The quantitative estimate of drug-likeness (QED) is 0.688. The number of ketones is 1. The first-order valence-corrected chi connectivity index (χ1v) is 5.06. The molecule has 2 rings (SSSR count). The highest BCUT2D eigenvalue weighted by Gasteiger charge is 2.15. The van der Waals surface area contributed by atoms with Crippen molar-refractivity contribution >= 4 is 5.78 Å². The Labute approximate surface area is 102 Å². The Morgan fingerprint density at radius 3 is 2.33 bits per heavy atom. The van der Waals surface area contributed by atoms with Crippen molar-refractivity contribution in [2.24, 2.45) is 0 Å². The first kappa shape index (κ1) is 11.8. The molecule has 0 heterocycles. The minimum atomic E-state index is -0.777. The predicted molar refractivity (Wildman–Crippen MR) is 60.8 cm³/mol. The van der Waals surface area contributed by atoms with Crippen LogP contribution in [0.15, 0.2) is 36.4 Å². The maximum absolute atomic E-state index is 12.0. The number of hydrogen-bond acceptors (Lipinski definition) is 5. The van der Waals surface area contributed by atoms with Crippen LogP contribution in [0.5, 0.6) is 23.0 Å². The third kappa shape index (κ3) is 2.06. The van der Waals surface area contributed by atoms with Gasteiger partial charge in [0.05, 0.1) is 5.56 Å². The Morgan fingerprint density at radius 1 is 1.00 bits per heavy atom. The van der Waals surface area contributed by atoms with Crippen LogP contribution < -0.4 is 5.11 Å². The van der Waals surface area contributed by atoms with Crippen molar-refractivity contribution in [2.45, 2.75) is 0 Å². The number of carbonyl (C=O) groups is 1. The lowest BCUT2D eigenvalue weighted by molar-refractivity contribution is -0.268. The first-order chi connectivity index (χ1) is 8.49. The summed E-state index contributed by atoms with van der Waals surface area (Å²) >= 11 is 0. The molecule has 0 spiro atoms. The summed E-state index contributed by atoms with van der Waals surface area (Å²) in [7, 11) is 0. The zero-order valence-electron chi connectivity index (χ0n) is 9.12. The van der Waals surface area contributed by atoms with Gasteiger partial charge < -0.3 is 20.4 Å². The molecule has 3 N–H and O–H groups in total. The van der Waals surface area contributed by atoms with E-state index in [-0.39, 0.29) is 11.3 Å². The molecule has 5 heteroatoms. The van der Waals surface area contributed by atoms with Crippen LogP contribution in [-0.2, 0) is 0 Å². The molecular weight excluding hydrogens is 236 g/mol. The molecule has 5 nitrogen and oxygen atoms in total. The average molecular weight is 245 g/mol. The van der Waals surface area contributed by atoms with Gasteiger partial charge in [0.1, 0.15) is 17.2 Å². The van der Waals surface area contributed by atoms with Gasteiger partial charge >= 0.3 is 0 Å². The molecule has 2 aromatic carbocycles. The van der Waals surface area contributed by atoms with Crippen LogP contribution in [0.3, 0.4) is 0 Å². The lowest BCUT2D eigenvalue weighted by Gasteiger charge is -2.14. The zero-order chi connectivity index (χ0) is 13.3. The maximum Gasteiger partial charge on any atom is 0.196 e. The molecule has 0 aliphatic heterocycles. The fourth-order valence-electron chi connectivity index (χ4n) is 1.61. The van der Waals surface area contributed by atoms with Crippen LogP contribution in [0.25, 0.3) is 0 Å². The number of phenols is 3. The lowest BCUT2D eigenvalue weighted by atomic mass is 10.0. The maximum atomic E-state index is 12.0. The summed E-state index contributed by atoms with van der Waals surface area (Å²) in [6, 6.07) is 7.19. The number of benzene rings is 2. The number of aromatic hydroxyl groups is 3. The summed E-state index contributed by atoms with van der Waals surface area (Å²) in [4.78, 5) is 12.0. The minimum absolute atomic E-state index is 0.0769. The van der Waals surface area contributed by atoms with Gasteiger partial charge in [-0.25, -0.2) is 0 Å². The van der Waals surface area contributed by atoms with E-state index >= 15 is 0 Å². The van der Waals surface area contributed by atoms with Crippen LogP contribution >= 0.6 is 0 Å². The molecule has 0 unspecified atom stereocenters. The van der Waals surface area contributed by atoms with Crippen LogP contribution in [-0.4, -0.2) is 21.1 Å². The van der Waals surface area contributed by atoms with Crippen molar-refractivity contribution in [1.29, 1.82) is 0 Å². The van der Waals surface area contributed by atoms with Crippen molar-refractivity contribution in [2.75, 3.05) is 0 Å². The second-order valence-corrected chi connectivity index (χ2v) is 3.72. The summed E-state index contributed by atoms with van der Waals surface area (Å²) in [6.45, 7) is 0. The van der Waals surface area contributed by atoms with Gasteiger partial charge in [-0.2, -0.15) is 0 Å². The average Bonchev–Trinajstić information content (AvgIpc) is 2.27. The van der Waals surface area contributed by atoms with E-state index in [1.807, 2.05) is 0 Å². The van der Waals surface area contributed by atoms with E-state index in [2.05, 4.69) is 0 Å². The number of carbonyl (C=O) groups excluding carboxylic acids is 1. The van der Waals surface area contributed by atoms with Crippen LogP contribution in [0.2, 0.25) is 0 Å². The molecule has 0 amide bonds. The van der Waals surface area contributed by atoms with Gasteiger partial charge in [0.25, 0.3) is 0 Å². The number of phenolic OH excluding ortho intramolecular Hbond substituents is 3. The van der Waals surface area contributed by atoms with E-state index in [9.17, 15) is 20.1 Å². The second-order valence-electron chi connectivity index (χ2n) is 3.72. The molecule has 2 aromatic rings. The third-order valence-electron chi connectivity index (χ3n) is 2.40. The van der Waals surface area contributed by atoms with Gasteiger partial charge in [-0.15, -0.1) is 0 Å². The molecule has 0 atom stereocenters. The summed E-state index contributed by atoms with van der Waals surface area (Å²) < 4.78 is 0. The summed E-state index contributed by atoms with van der Waals surface area (Å²) in [5, 5.41) is 39.4. The van der Waals surface area contributed by atoms with Gasteiger partial charge in [0, 0.05) is 11.6 Å². The Bertz CT molecular complexity index is 596. The highest BCUT2D eigenvalue weighted by molar-refractivity contribution is 6.12. The van der Waals surface area contributed by atoms with E-state index in [4.69, 9.17) is 5.11 Å². The van der Waals surface area contributed by atoms with E-state index < -0.39 is 28.6 Å². The van der Waals surface area contributed by atoms with Crippen LogP contribution in [0.4, 0.5) is 0 Å². The lowest BCUT2D eigenvalue weighted by Crippen LogP contribution is -2.06. The highest BCUT2D eigenvalue weighted by Crippen LogP contribution is 2.32. The summed E-state index contributed by atoms with van der Waals surface area (Å²) in [6.07, 6.45) is 0. The Hall–Kier alpha value is -2.69. The van der Waals surface area contributed by atoms with Gasteiger partial charge in [0.2, 0.25) is 0 Å². The van der Waals surface area contributed by atoms with Crippen molar-refractivity contribution < 1.29 is 25.2 Å². The molecule has 92 valence electrons.